The number of hydrogen-bond donors (Lipinski definition) is 1. The zero-order valence-electron chi connectivity index (χ0n) is 12.7. The first-order valence-corrected chi connectivity index (χ1v) is 9.60. The maximum absolute atomic E-state index is 12.5. The first kappa shape index (κ1) is 15.6. The highest BCUT2D eigenvalue weighted by molar-refractivity contribution is 7.99. The molecule has 1 aliphatic carbocycles. The SMILES string of the molecule is CCSc1ccccc1C(=O)Nc1nc2c(s1)CCCCC2. The molecule has 0 bridgehead atoms. The van der Waals surface area contributed by atoms with Crippen LogP contribution in [0, 0.1) is 0 Å². The van der Waals surface area contributed by atoms with Crippen molar-refractivity contribution in [3.63, 3.8) is 0 Å². The van der Waals surface area contributed by atoms with Crippen LogP contribution in [0.5, 0.6) is 0 Å². The van der Waals surface area contributed by atoms with Crippen molar-refractivity contribution in [1.82, 2.24) is 4.98 Å². The lowest BCUT2D eigenvalue weighted by atomic mass is 10.2. The first-order valence-electron chi connectivity index (χ1n) is 7.79. The van der Waals surface area contributed by atoms with Gasteiger partial charge in [-0.25, -0.2) is 4.98 Å². The second-order valence-corrected chi connectivity index (χ2v) is 7.72. The molecule has 0 saturated carbocycles. The molecule has 0 saturated heterocycles. The van der Waals surface area contributed by atoms with Gasteiger partial charge in [0, 0.05) is 9.77 Å². The van der Waals surface area contributed by atoms with Gasteiger partial charge in [-0.3, -0.25) is 10.1 Å². The van der Waals surface area contributed by atoms with Gasteiger partial charge in [-0.05, 0) is 43.6 Å². The lowest BCUT2D eigenvalue weighted by Crippen LogP contribution is -2.12. The Morgan fingerprint density at radius 1 is 1.27 bits per heavy atom. The van der Waals surface area contributed by atoms with Crippen molar-refractivity contribution < 1.29 is 4.79 Å². The zero-order valence-corrected chi connectivity index (χ0v) is 14.4. The number of anilines is 1. The Kier molecular flexibility index (Phi) is 5.16. The highest BCUT2D eigenvalue weighted by Crippen LogP contribution is 2.30. The van der Waals surface area contributed by atoms with E-state index >= 15 is 0 Å². The number of aryl methyl sites for hydroxylation is 2. The summed E-state index contributed by atoms with van der Waals surface area (Å²) in [5.74, 6) is 0.899. The smallest absolute Gasteiger partial charge is 0.258 e. The molecule has 0 atom stereocenters. The largest absolute Gasteiger partial charge is 0.298 e. The molecule has 0 spiro atoms. The van der Waals surface area contributed by atoms with Gasteiger partial charge >= 0.3 is 0 Å². The standard InChI is InChI=1S/C17H20N2OS2/c1-2-21-14-10-7-6-8-12(14)16(20)19-17-18-13-9-4-3-5-11-15(13)22-17/h6-8,10H,2-5,9,11H2,1H3,(H,18,19,20). The number of benzene rings is 1. The van der Waals surface area contributed by atoms with Crippen LogP contribution in [0.15, 0.2) is 29.2 Å². The molecule has 2 aromatic rings. The molecule has 1 aliphatic rings. The summed E-state index contributed by atoms with van der Waals surface area (Å²) in [6, 6.07) is 7.76. The van der Waals surface area contributed by atoms with Gasteiger partial charge in [0.25, 0.3) is 5.91 Å². The van der Waals surface area contributed by atoms with E-state index in [-0.39, 0.29) is 5.91 Å². The highest BCUT2D eigenvalue weighted by Gasteiger charge is 2.17. The lowest BCUT2D eigenvalue weighted by molar-refractivity contribution is 0.102. The van der Waals surface area contributed by atoms with Crippen molar-refractivity contribution in [3.8, 4) is 0 Å². The van der Waals surface area contributed by atoms with E-state index in [1.807, 2.05) is 24.3 Å². The topological polar surface area (TPSA) is 42.0 Å². The number of nitrogens with one attached hydrogen (secondary N) is 1. The second-order valence-electron chi connectivity index (χ2n) is 5.33. The summed E-state index contributed by atoms with van der Waals surface area (Å²) in [5, 5.41) is 3.73. The van der Waals surface area contributed by atoms with Gasteiger partial charge in [-0.15, -0.1) is 23.1 Å². The van der Waals surface area contributed by atoms with Gasteiger partial charge in [-0.2, -0.15) is 0 Å². The average molecular weight is 332 g/mol. The van der Waals surface area contributed by atoms with Gasteiger partial charge in [0.15, 0.2) is 5.13 Å². The third kappa shape index (κ3) is 3.52. The molecule has 0 unspecified atom stereocenters. The van der Waals surface area contributed by atoms with Crippen LogP contribution in [0.2, 0.25) is 0 Å². The molecule has 1 aromatic heterocycles. The Labute approximate surface area is 139 Å². The summed E-state index contributed by atoms with van der Waals surface area (Å²) >= 11 is 3.33. The van der Waals surface area contributed by atoms with Crippen molar-refractivity contribution in [2.75, 3.05) is 11.1 Å². The van der Waals surface area contributed by atoms with E-state index in [1.165, 1.54) is 29.8 Å². The fraction of sp³-hybridized carbons (Fsp3) is 0.412. The molecular formula is C17H20N2OS2. The second kappa shape index (κ2) is 7.29. The number of hydrogen-bond acceptors (Lipinski definition) is 4. The van der Waals surface area contributed by atoms with Gasteiger partial charge in [0.1, 0.15) is 0 Å². The molecule has 1 heterocycles. The molecule has 22 heavy (non-hydrogen) atoms. The van der Waals surface area contributed by atoms with E-state index in [2.05, 4.69) is 17.2 Å². The third-order valence-corrected chi connectivity index (χ3v) is 5.78. The fourth-order valence-electron chi connectivity index (χ4n) is 2.68. The maximum atomic E-state index is 12.5. The molecule has 1 amide bonds. The number of carbonyl (C=O) groups is 1. The Morgan fingerprint density at radius 3 is 2.95 bits per heavy atom. The number of thiazole rings is 1. The summed E-state index contributed by atoms with van der Waals surface area (Å²) in [6.45, 7) is 2.09. The summed E-state index contributed by atoms with van der Waals surface area (Å²) in [6.07, 6.45) is 5.88. The molecular weight excluding hydrogens is 312 g/mol. The Morgan fingerprint density at radius 2 is 2.09 bits per heavy atom. The Balaban J connectivity index is 1.77. The molecule has 1 N–H and O–H groups in total. The number of rotatable bonds is 4. The van der Waals surface area contributed by atoms with E-state index in [1.54, 1.807) is 23.1 Å². The van der Waals surface area contributed by atoms with E-state index in [0.29, 0.717) is 0 Å². The average Bonchev–Trinajstić information content (AvgIpc) is 2.76. The minimum atomic E-state index is -0.0551. The van der Waals surface area contributed by atoms with Gasteiger partial charge in [0.2, 0.25) is 0 Å². The maximum Gasteiger partial charge on any atom is 0.258 e. The number of carbonyl (C=O) groups excluding carboxylic acids is 1. The van der Waals surface area contributed by atoms with Gasteiger partial charge < -0.3 is 0 Å². The van der Waals surface area contributed by atoms with Crippen LogP contribution in [0.3, 0.4) is 0 Å². The highest BCUT2D eigenvalue weighted by atomic mass is 32.2. The fourth-order valence-corrected chi connectivity index (χ4v) is 4.53. The van der Waals surface area contributed by atoms with E-state index in [0.717, 1.165) is 34.2 Å². The lowest BCUT2D eigenvalue weighted by Gasteiger charge is -2.07. The third-order valence-electron chi connectivity index (χ3n) is 3.75. The molecule has 1 aromatic carbocycles. The van der Waals surface area contributed by atoms with Crippen LogP contribution in [0.4, 0.5) is 5.13 Å². The van der Waals surface area contributed by atoms with Gasteiger partial charge in [-0.1, -0.05) is 25.5 Å². The molecule has 116 valence electrons. The van der Waals surface area contributed by atoms with Crippen LogP contribution in [-0.4, -0.2) is 16.6 Å². The molecule has 3 nitrogen and oxygen atoms in total. The number of thioether (sulfide) groups is 1. The molecule has 0 fully saturated rings. The first-order chi connectivity index (χ1) is 10.8. The van der Waals surface area contributed by atoms with Crippen LogP contribution in [0.1, 0.15) is 47.1 Å². The number of fused-ring (bicyclic) bond motifs is 1. The summed E-state index contributed by atoms with van der Waals surface area (Å²) in [7, 11) is 0. The van der Waals surface area contributed by atoms with Crippen LogP contribution < -0.4 is 5.32 Å². The monoisotopic (exact) mass is 332 g/mol. The van der Waals surface area contributed by atoms with Crippen LogP contribution >= 0.6 is 23.1 Å². The zero-order chi connectivity index (χ0) is 15.4. The van der Waals surface area contributed by atoms with E-state index in [4.69, 9.17) is 0 Å². The minimum Gasteiger partial charge on any atom is -0.298 e. The minimum absolute atomic E-state index is 0.0551. The van der Waals surface area contributed by atoms with Crippen molar-refractivity contribution in [2.45, 2.75) is 43.9 Å². The van der Waals surface area contributed by atoms with Crippen LogP contribution in [0.25, 0.3) is 0 Å². The normalized spacial score (nSPS) is 14.2. The van der Waals surface area contributed by atoms with E-state index < -0.39 is 0 Å². The number of nitrogens with zero attached hydrogens (tertiary/aromatic N) is 1. The summed E-state index contributed by atoms with van der Waals surface area (Å²) in [4.78, 5) is 19.5. The molecule has 0 aliphatic heterocycles. The van der Waals surface area contributed by atoms with Crippen molar-refractivity contribution in [3.05, 3.63) is 40.4 Å². The van der Waals surface area contributed by atoms with Crippen molar-refractivity contribution in [2.24, 2.45) is 0 Å². The van der Waals surface area contributed by atoms with Crippen molar-refractivity contribution in [1.29, 1.82) is 0 Å². The molecule has 3 rings (SSSR count). The van der Waals surface area contributed by atoms with Crippen LogP contribution in [-0.2, 0) is 12.8 Å². The van der Waals surface area contributed by atoms with Crippen molar-refractivity contribution >= 4 is 34.1 Å². The van der Waals surface area contributed by atoms with E-state index in [9.17, 15) is 4.79 Å². The molecule has 0 radical (unpaired) electrons. The summed E-state index contributed by atoms with van der Waals surface area (Å²) < 4.78 is 0. The predicted molar refractivity (Wildman–Crippen MR) is 94.2 cm³/mol. The molecule has 5 heteroatoms. The quantitative estimate of drug-likeness (QED) is 0.647. The van der Waals surface area contributed by atoms with Gasteiger partial charge in [0.05, 0.1) is 11.3 Å². The number of aromatic nitrogens is 1. The Hall–Kier alpha value is -1.33. The summed E-state index contributed by atoms with van der Waals surface area (Å²) in [5.41, 5.74) is 1.92. The Bertz CT molecular complexity index is 643. The predicted octanol–water partition coefficient (Wildman–Crippen LogP) is 4.78. The number of amides is 1.